The molecule has 1 heteroatoms. The fourth-order valence-electron chi connectivity index (χ4n) is 2.27. The van der Waals surface area contributed by atoms with Gasteiger partial charge in [-0.25, -0.2) is 4.39 Å². The molecule has 0 aliphatic rings. The summed E-state index contributed by atoms with van der Waals surface area (Å²) in [5.41, 5.74) is 10.2. The molecular weight excluding hydrogens is 283 g/mol. The minimum absolute atomic E-state index is 0.245. The molecule has 3 aromatic rings. The molecule has 0 atom stereocenters. The largest absolute Gasteiger partial charge is 0.207 e. The van der Waals surface area contributed by atoms with Gasteiger partial charge in [0.1, 0.15) is 5.82 Å². The smallest absolute Gasteiger partial charge is 0.123 e. The Morgan fingerprint density at radius 1 is 0.696 bits per heavy atom. The van der Waals surface area contributed by atoms with Crippen LogP contribution >= 0.6 is 0 Å². The second-order valence-electron chi connectivity index (χ2n) is 5.07. The van der Waals surface area contributed by atoms with E-state index in [1.54, 1.807) is 12.1 Å². The minimum atomic E-state index is -0.245. The van der Waals surface area contributed by atoms with Crippen LogP contribution in [0, 0.1) is 5.82 Å². The van der Waals surface area contributed by atoms with Gasteiger partial charge in [0.15, 0.2) is 0 Å². The molecule has 3 rings (SSSR count). The van der Waals surface area contributed by atoms with Crippen LogP contribution in [-0.2, 0) is 0 Å². The predicted molar refractivity (Wildman–Crippen MR) is 93.3 cm³/mol. The number of halogens is 1. The summed E-state index contributed by atoms with van der Waals surface area (Å²) in [6.45, 7) is 0. The Hall–Kier alpha value is -3.11. The number of hydrogen-bond donors (Lipinski definition) is 0. The minimum Gasteiger partial charge on any atom is -0.207 e. The van der Waals surface area contributed by atoms with Gasteiger partial charge in [-0.1, -0.05) is 84.3 Å². The zero-order chi connectivity index (χ0) is 15.9. The summed E-state index contributed by atoms with van der Waals surface area (Å²) in [6.07, 6.45) is 1.88. The zero-order valence-corrected chi connectivity index (χ0v) is 12.5. The Bertz CT molecular complexity index is 862. The first-order valence-electron chi connectivity index (χ1n) is 7.41. The fraction of sp³-hybridized carbons (Fsp3) is 0. The number of rotatable bonds is 3. The van der Waals surface area contributed by atoms with Crippen molar-refractivity contribution in [2.75, 3.05) is 0 Å². The van der Waals surface area contributed by atoms with E-state index >= 15 is 0 Å². The van der Waals surface area contributed by atoms with Crippen LogP contribution in [0.1, 0.15) is 16.7 Å². The molecule has 0 amide bonds. The summed E-state index contributed by atoms with van der Waals surface area (Å²) in [7, 11) is 0. The van der Waals surface area contributed by atoms with Crippen molar-refractivity contribution in [3.05, 3.63) is 119 Å². The highest BCUT2D eigenvalue weighted by atomic mass is 19.1. The summed E-state index contributed by atoms with van der Waals surface area (Å²) in [5.74, 6) is -0.245. The van der Waals surface area contributed by atoms with Gasteiger partial charge in [0.05, 0.1) is 0 Å². The van der Waals surface area contributed by atoms with Crippen molar-refractivity contribution >= 4 is 11.6 Å². The lowest BCUT2D eigenvalue weighted by atomic mass is 9.99. The molecule has 0 N–H and O–H groups in total. The van der Waals surface area contributed by atoms with Gasteiger partial charge >= 0.3 is 0 Å². The van der Waals surface area contributed by atoms with Crippen molar-refractivity contribution in [2.45, 2.75) is 0 Å². The summed E-state index contributed by atoms with van der Waals surface area (Å²) in [6, 6.07) is 26.3. The lowest BCUT2D eigenvalue weighted by Gasteiger charge is -2.04. The maximum Gasteiger partial charge on any atom is 0.123 e. The van der Waals surface area contributed by atoms with Gasteiger partial charge in [0.2, 0.25) is 0 Å². The lowest BCUT2D eigenvalue weighted by molar-refractivity contribution is 0.627. The summed E-state index contributed by atoms with van der Waals surface area (Å²) in [5, 5.41) is 0. The Labute approximate surface area is 135 Å². The molecule has 110 valence electrons. The van der Waals surface area contributed by atoms with Crippen LogP contribution in [-0.4, -0.2) is 0 Å². The Balaban J connectivity index is 2.10. The van der Waals surface area contributed by atoms with Crippen LogP contribution in [0.5, 0.6) is 0 Å². The third kappa shape index (κ3) is 3.96. The molecule has 0 radical (unpaired) electrons. The van der Waals surface area contributed by atoms with Crippen molar-refractivity contribution in [3.8, 4) is 0 Å². The van der Waals surface area contributed by atoms with Crippen molar-refractivity contribution in [2.24, 2.45) is 0 Å². The molecule has 0 aromatic heterocycles. The molecule has 0 heterocycles. The lowest BCUT2D eigenvalue weighted by Crippen LogP contribution is -1.86. The van der Waals surface area contributed by atoms with Crippen LogP contribution < -0.4 is 0 Å². The van der Waals surface area contributed by atoms with Crippen LogP contribution in [0.25, 0.3) is 11.6 Å². The maximum atomic E-state index is 13.2. The summed E-state index contributed by atoms with van der Waals surface area (Å²) < 4.78 is 13.2. The first kappa shape index (κ1) is 14.8. The van der Waals surface area contributed by atoms with Gasteiger partial charge in [-0.2, -0.15) is 0 Å². The molecule has 0 spiro atoms. The number of benzene rings is 3. The van der Waals surface area contributed by atoms with Crippen LogP contribution in [0.3, 0.4) is 0 Å². The van der Waals surface area contributed by atoms with Crippen molar-refractivity contribution in [3.63, 3.8) is 0 Å². The third-order valence-corrected chi connectivity index (χ3v) is 3.43. The van der Waals surface area contributed by atoms with E-state index in [-0.39, 0.29) is 5.82 Å². The van der Waals surface area contributed by atoms with Gasteiger partial charge < -0.3 is 0 Å². The Morgan fingerprint density at radius 3 is 1.91 bits per heavy atom. The first-order valence-corrected chi connectivity index (χ1v) is 7.41. The SMILES string of the molecule is Fc1ccc(C(=C=C=Cc2ccccc2)c2ccccc2)cc1. The highest BCUT2D eigenvalue weighted by molar-refractivity contribution is 5.79. The molecule has 23 heavy (non-hydrogen) atoms. The van der Waals surface area contributed by atoms with E-state index in [1.165, 1.54) is 12.1 Å². The summed E-state index contributed by atoms with van der Waals surface area (Å²) in [4.78, 5) is 0. The Morgan fingerprint density at radius 2 is 1.26 bits per heavy atom. The van der Waals surface area contributed by atoms with Gasteiger partial charge in [-0.15, -0.1) is 0 Å². The molecule has 0 aliphatic carbocycles. The molecular formula is C22H15F. The standard InChI is InChI=1S/C22H15F/c23-21-16-14-20(15-17-21)22(19-11-5-2-6-12-19)13-7-10-18-8-3-1-4-9-18/h1-6,8-12,14-17H. The molecule has 0 saturated heterocycles. The normalized spacial score (nSPS) is 9.61. The Kier molecular flexibility index (Phi) is 4.66. The van der Waals surface area contributed by atoms with Crippen molar-refractivity contribution < 1.29 is 4.39 Å². The molecule has 0 aliphatic heterocycles. The summed E-state index contributed by atoms with van der Waals surface area (Å²) >= 11 is 0. The van der Waals surface area contributed by atoms with E-state index in [0.717, 1.165) is 22.3 Å². The molecule has 0 saturated carbocycles. The van der Waals surface area contributed by atoms with Crippen molar-refractivity contribution in [1.82, 2.24) is 0 Å². The van der Waals surface area contributed by atoms with E-state index in [2.05, 4.69) is 11.5 Å². The van der Waals surface area contributed by atoms with E-state index in [0.29, 0.717) is 0 Å². The average molecular weight is 298 g/mol. The van der Waals surface area contributed by atoms with Crippen molar-refractivity contribution in [1.29, 1.82) is 0 Å². The predicted octanol–water partition coefficient (Wildman–Crippen LogP) is 5.72. The first-order chi connectivity index (χ1) is 11.3. The maximum absolute atomic E-state index is 13.2. The molecule has 0 bridgehead atoms. The van der Waals surface area contributed by atoms with Gasteiger partial charge in [0.25, 0.3) is 0 Å². The van der Waals surface area contributed by atoms with Crippen LogP contribution in [0.15, 0.2) is 96.4 Å². The third-order valence-electron chi connectivity index (χ3n) is 3.43. The van der Waals surface area contributed by atoms with Crippen LogP contribution in [0.4, 0.5) is 4.39 Å². The molecule has 0 fully saturated rings. The van der Waals surface area contributed by atoms with Gasteiger partial charge in [-0.3, -0.25) is 0 Å². The molecule has 0 nitrogen and oxygen atoms in total. The topological polar surface area (TPSA) is 0 Å². The molecule has 0 unspecified atom stereocenters. The van der Waals surface area contributed by atoms with Gasteiger partial charge in [-0.05, 0) is 34.9 Å². The quantitative estimate of drug-likeness (QED) is 0.542. The second-order valence-corrected chi connectivity index (χ2v) is 5.07. The van der Waals surface area contributed by atoms with E-state index in [1.807, 2.05) is 66.7 Å². The van der Waals surface area contributed by atoms with E-state index in [4.69, 9.17) is 0 Å². The van der Waals surface area contributed by atoms with Crippen LogP contribution in [0.2, 0.25) is 0 Å². The van der Waals surface area contributed by atoms with Gasteiger partial charge in [0, 0.05) is 5.57 Å². The van der Waals surface area contributed by atoms with E-state index < -0.39 is 0 Å². The average Bonchev–Trinajstić information content (AvgIpc) is 2.61. The second kappa shape index (κ2) is 7.24. The fourth-order valence-corrected chi connectivity index (χ4v) is 2.27. The monoisotopic (exact) mass is 298 g/mol. The van der Waals surface area contributed by atoms with E-state index in [9.17, 15) is 4.39 Å². The molecule has 3 aromatic carbocycles. The zero-order valence-electron chi connectivity index (χ0n) is 12.5. The highest BCUT2D eigenvalue weighted by Crippen LogP contribution is 2.22. The highest BCUT2D eigenvalue weighted by Gasteiger charge is 2.03. The number of hydrogen-bond acceptors (Lipinski definition) is 0.